The van der Waals surface area contributed by atoms with Crippen LogP contribution in [0.4, 0.5) is 4.39 Å². The summed E-state index contributed by atoms with van der Waals surface area (Å²) in [7, 11) is 3.18. The highest BCUT2D eigenvalue weighted by Crippen LogP contribution is 2.42. The van der Waals surface area contributed by atoms with Crippen molar-refractivity contribution >= 4 is 11.8 Å². The van der Waals surface area contributed by atoms with Crippen LogP contribution in [-0.2, 0) is 14.3 Å². The summed E-state index contributed by atoms with van der Waals surface area (Å²) >= 11 is 0. The highest BCUT2D eigenvalue weighted by molar-refractivity contribution is 6.01. The minimum atomic E-state index is -0.622. The van der Waals surface area contributed by atoms with Crippen molar-refractivity contribution in [1.29, 1.82) is 0 Å². The van der Waals surface area contributed by atoms with Crippen molar-refractivity contribution < 1.29 is 23.5 Å². The number of nitrogens with zero attached hydrogens (tertiary/aromatic N) is 1. The third-order valence-electron chi connectivity index (χ3n) is 5.29. The Hall–Kier alpha value is -2.77. The number of methoxy groups -OCH3 is 2. The van der Waals surface area contributed by atoms with Gasteiger partial charge >= 0.3 is 0 Å². The number of fused-ring (bicyclic) bond motifs is 1. The molecule has 0 saturated carbocycles. The lowest BCUT2D eigenvalue weighted by Gasteiger charge is -2.41. The zero-order chi connectivity index (χ0) is 21.5. The number of halogens is 1. The van der Waals surface area contributed by atoms with Crippen LogP contribution < -0.4 is 5.32 Å². The van der Waals surface area contributed by atoms with Gasteiger partial charge in [-0.25, -0.2) is 4.39 Å². The van der Waals surface area contributed by atoms with E-state index in [1.807, 2.05) is 12.1 Å². The lowest BCUT2D eigenvalue weighted by atomic mass is 9.79. The number of hydrogen-bond donors (Lipinski definition) is 1. The molecule has 6 nitrogen and oxygen atoms in total. The fourth-order valence-corrected chi connectivity index (χ4v) is 3.88. The van der Waals surface area contributed by atoms with Crippen molar-refractivity contribution in [2.75, 3.05) is 40.5 Å². The van der Waals surface area contributed by atoms with E-state index in [2.05, 4.69) is 5.32 Å². The lowest BCUT2D eigenvalue weighted by Crippen LogP contribution is -2.48. The van der Waals surface area contributed by atoms with Crippen molar-refractivity contribution in [1.82, 2.24) is 10.2 Å². The van der Waals surface area contributed by atoms with E-state index in [4.69, 9.17) is 9.47 Å². The second-order valence-electron chi connectivity index (χ2n) is 7.19. The molecule has 2 amide bonds. The molecule has 0 aliphatic carbocycles. The molecule has 1 aliphatic heterocycles. The Morgan fingerprint density at radius 2 is 1.77 bits per heavy atom. The van der Waals surface area contributed by atoms with Gasteiger partial charge in [-0.1, -0.05) is 30.3 Å². The largest absolute Gasteiger partial charge is 0.385 e. The molecular formula is C23H27FN2O4. The molecular weight excluding hydrogens is 387 g/mol. The standard InChI is InChI=1S/C23H27FN2O4/c1-29-14-5-12-25-22(27)20-18-6-3-4-7-19(18)23(28)26(13-15-30-2)21(20)16-8-10-17(24)11-9-16/h3-4,6-11,20-21H,5,12-15H2,1-2H3,(H,25,27)/t20-,21+/m0/s1. The second kappa shape index (κ2) is 10.3. The first-order valence-electron chi connectivity index (χ1n) is 9.99. The van der Waals surface area contributed by atoms with E-state index >= 15 is 0 Å². The summed E-state index contributed by atoms with van der Waals surface area (Å²) in [5.41, 5.74) is 1.88. The molecule has 0 unspecified atom stereocenters. The average Bonchev–Trinajstić information content (AvgIpc) is 2.76. The van der Waals surface area contributed by atoms with E-state index in [1.54, 1.807) is 43.4 Å². The molecule has 1 aliphatic rings. The van der Waals surface area contributed by atoms with Crippen LogP contribution in [0.3, 0.4) is 0 Å². The molecule has 1 heterocycles. The minimum absolute atomic E-state index is 0.166. The summed E-state index contributed by atoms with van der Waals surface area (Å²) in [5.74, 6) is -1.34. The van der Waals surface area contributed by atoms with Crippen LogP contribution >= 0.6 is 0 Å². The van der Waals surface area contributed by atoms with Gasteiger partial charge in [-0.2, -0.15) is 0 Å². The molecule has 3 rings (SSSR count). The third-order valence-corrected chi connectivity index (χ3v) is 5.29. The number of benzene rings is 2. The van der Waals surface area contributed by atoms with Crippen LogP contribution in [0.15, 0.2) is 48.5 Å². The van der Waals surface area contributed by atoms with Gasteiger partial charge in [0.05, 0.1) is 18.6 Å². The number of carbonyl (C=O) groups is 2. The van der Waals surface area contributed by atoms with Crippen LogP contribution in [0.5, 0.6) is 0 Å². The molecule has 0 radical (unpaired) electrons. The first-order valence-corrected chi connectivity index (χ1v) is 9.99. The van der Waals surface area contributed by atoms with E-state index in [0.29, 0.717) is 49.4 Å². The molecule has 0 spiro atoms. The van der Waals surface area contributed by atoms with Gasteiger partial charge in [0.2, 0.25) is 5.91 Å². The van der Waals surface area contributed by atoms with Gasteiger partial charge < -0.3 is 19.7 Å². The van der Waals surface area contributed by atoms with Crippen LogP contribution in [0.1, 0.15) is 39.9 Å². The van der Waals surface area contributed by atoms with Crippen LogP contribution in [0, 0.1) is 5.82 Å². The molecule has 1 N–H and O–H groups in total. The summed E-state index contributed by atoms with van der Waals surface area (Å²) in [6.07, 6.45) is 0.685. The molecule has 2 aromatic rings. The molecule has 0 fully saturated rings. The number of amides is 2. The highest BCUT2D eigenvalue weighted by Gasteiger charge is 2.43. The molecule has 0 bridgehead atoms. The van der Waals surface area contributed by atoms with Crippen LogP contribution in [0.25, 0.3) is 0 Å². The molecule has 0 saturated heterocycles. The Labute approximate surface area is 176 Å². The van der Waals surface area contributed by atoms with Crippen molar-refractivity contribution in [2.45, 2.75) is 18.4 Å². The normalized spacial score (nSPS) is 18.2. The van der Waals surface area contributed by atoms with Gasteiger partial charge in [0.15, 0.2) is 0 Å². The fraction of sp³-hybridized carbons (Fsp3) is 0.391. The number of rotatable bonds is 9. The Bertz CT molecular complexity index is 872. The Balaban J connectivity index is 2.04. The van der Waals surface area contributed by atoms with Gasteiger partial charge in [-0.3, -0.25) is 9.59 Å². The molecule has 7 heteroatoms. The van der Waals surface area contributed by atoms with E-state index < -0.39 is 12.0 Å². The summed E-state index contributed by atoms with van der Waals surface area (Å²) in [6.45, 7) is 1.65. The second-order valence-corrected chi connectivity index (χ2v) is 7.19. The maximum atomic E-state index is 13.6. The molecule has 0 aromatic heterocycles. The topological polar surface area (TPSA) is 67.9 Å². The minimum Gasteiger partial charge on any atom is -0.385 e. The van der Waals surface area contributed by atoms with E-state index in [9.17, 15) is 14.0 Å². The zero-order valence-corrected chi connectivity index (χ0v) is 17.3. The predicted molar refractivity (Wildman–Crippen MR) is 111 cm³/mol. The van der Waals surface area contributed by atoms with Gasteiger partial charge in [-0.05, 0) is 35.7 Å². The van der Waals surface area contributed by atoms with Gasteiger partial charge in [0.1, 0.15) is 5.82 Å². The first-order chi connectivity index (χ1) is 14.6. The molecule has 30 heavy (non-hydrogen) atoms. The smallest absolute Gasteiger partial charge is 0.254 e. The fourth-order valence-electron chi connectivity index (χ4n) is 3.88. The monoisotopic (exact) mass is 414 g/mol. The highest BCUT2D eigenvalue weighted by atomic mass is 19.1. The summed E-state index contributed by atoms with van der Waals surface area (Å²) in [6, 6.07) is 12.6. The summed E-state index contributed by atoms with van der Waals surface area (Å²) in [5, 5.41) is 2.97. The van der Waals surface area contributed by atoms with Gasteiger partial charge in [0.25, 0.3) is 5.91 Å². The summed E-state index contributed by atoms with van der Waals surface area (Å²) < 4.78 is 23.8. The van der Waals surface area contributed by atoms with Gasteiger partial charge in [0, 0.05) is 39.5 Å². The number of hydrogen-bond acceptors (Lipinski definition) is 4. The van der Waals surface area contributed by atoms with Crippen LogP contribution in [0.2, 0.25) is 0 Å². The molecule has 2 aromatic carbocycles. The van der Waals surface area contributed by atoms with Crippen LogP contribution in [-0.4, -0.2) is 57.2 Å². The number of ether oxygens (including phenoxy) is 2. The zero-order valence-electron chi connectivity index (χ0n) is 17.3. The average molecular weight is 414 g/mol. The van der Waals surface area contributed by atoms with Gasteiger partial charge in [-0.15, -0.1) is 0 Å². The van der Waals surface area contributed by atoms with Crippen molar-refractivity contribution in [3.63, 3.8) is 0 Å². The van der Waals surface area contributed by atoms with Crippen molar-refractivity contribution in [3.8, 4) is 0 Å². The Morgan fingerprint density at radius 1 is 1.07 bits per heavy atom. The number of carbonyl (C=O) groups excluding carboxylic acids is 2. The predicted octanol–water partition coefficient (Wildman–Crippen LogP) is 2.91. The van der Waals surface area contributed by atoms with E-state index in [1.165, 1.54) is 12.1 Å². The summed E-state index contributed by atoms with van der Waals surface area (Å²) in [4.78, 5) is 28.2. The first kappa shape index (κ1) is 21.9. The molecule has 2 atom stereocenters. The van der Waals surface area contributed by atoms with E-state index in [-0.39, 0.29) is 17.6 Å². The van der Waals surface area contributed by atoms with Crippen molar-refractivity contribution in [2.24, 2.45) is 0 Å². The SMILES string of the molecule is COCCCNC(=O)[C@H]1c2ccccc2C(=O)N(CCOC)[C@@H]1c1ccc(F)cc1. The maximum Gasteiger partial charge on any atom is 0.254 e. The Morgan fingerprint density at radius 3 is 2.47 bits per heavy atom. The maximum absolute atomic E-state index is 13.6. The molecule has 160 valence electrons. The lowest BCUT2D eigenvalue weighted by molar-refractivity contribution is -0.124. The third kappa shape index (κ3) is 4.68. The van der Waals surface area contributed by atoms with Crippen molar-refractivity contribution in [3.05, 3.63) is 71.0 Å². The quantitative estimate of drug-likeness (QED) is 0.641. The van der Waals surface area contributed by atoms with E-state index in [0.717, 1.165) is 0 Å². The Kier molecular flexibility index (Phi) is 7.54. The number of nitrogens with one attached hydrogen (secondary N) is 1.